The van der Waals surface area contributed by atoms with Crippen molar-refractivity contribution in [2.45, 2.75) is 26.2 Å². The van der Waals surface area contributed by atoms with Gasteiger partial charge in [0.15, 0.2) is 0 Å². The lowest BCUT2D eigenvalue weighted by molar-refractivity contribution is 0.734. The minimum atomic E-state index is 0.533. The molecule has 2 rings (SSSR count). The molecule has 0 saturated heterocycles. The van der Waals surface area contributed by atoms with E-state index in [0.717, 1.165) is 17.3 Å². The molecule has 0 aliphatic carbocycles. The number of hydrogen-bond donors (Lipinski definition) is 2. The molecule has 3 heteroatoms. The zero-order chi connectivity index (χ0) is 11.7. The summed E-state index contributed by atoms with van der Waals surface area (Å²) >= 11 is 0. The maximum absolute atomic E-state index is 5.96. The molecule has 16 heavy (non-hydrogen) atoms. The van der Waals surface area contributed by atoms with Gasteiger partial charge in [-0.2, -0.15) is 0 Å². The number of pyridine rings is 1. The van der Waals surface area contributed by atoms with Gasteiger partial charge in [0.25, 0.3) is 0 Å². The van der Waals surface area contributed by atoms with E-state index < -0.39 is 0 Å². The molecule has 2 aromatic rings. The molecule has 0 amide bonds. The molecule has 4 N–H and O–H groups in total. The minimum absolute atomic E-state index is 0.533. The van der Waals surface area contributed by atoms with Crippen LogP contribution in [0.15, 0.2) is 24.4 Å². The van der Waals surface area contributed by atoms with Gasteiger partial charge >= 0.3 is 0 Å². The highest BCUT2D eigenvalue weighted by molar-refractivity contribution is 5.95. The Morgan fingerprint density at radius 1 is 1.31 bits per heavy atom. The molecule has 3 nitrogen and oxygen atoms in total. The van der Waals surface area contributed by atoms with Crippen LogP contribution in [0, 0.1) is 0 Å². The first-order chi connectivity index (χ1) is 7.63. The van der Waals surface area contributed by atoms with Gasteiger partial charge in [-0.15, -0.1) is 0 Å². The molecule has 84 valence electrons. The summed E-state index contributed by atoms with van der Waals surface area (Å²) in [5, 5.41) is 0.956. The molecule has 1 atom stereocenters. The highest BCUT2D eigenvalue weighted by atomic mass is 14.8. The second-order valence-electron chi connectivity index (χ2n) is 4.21. The van der Waals surface area contributed by atoms with Crippen molar-refractivity contribution in [3.8, 4) is 0 Å². The third-order valence-corrected chi connectivity index (χ3v) is 3.15. The van der Waals surface area contributed by atoms with Gasteiger partial charge in [-0.05, 0) is 30.0 Å². The first kappa shape index (κ1) is 10.7. The summed E-state index contributed by atoms with van der Waals surface area (Å²) in [6, 6.07) is 6.22. The SMILES string of the molecule is CC[C@@H](C)c1ccc2ncc(N)c(N)c2c1. The molecule has 1 aromatic carbocycles. The molecule has 0 radical (unpaired) electrons. The van der Waals surface area contributed by atoms with E-state index in [1.165, 1.54) is 5.56 Å². The van der Waals surface area contributed by atoms with Gasteiger partial charge < -0.3 is 11.5 Å². The largest absolute Gasteiger partial charge is 0.396 e. The van der Waals surface area contributed by atoms with Crippen molar-refractivity contribution in [2.24, 2.45) is 0 Å². The molecule has 0 spiro atoms. The van der Waals surface area contributed by atoms with Crippen molar-refractivity contribution in [1.82, 2.24) is 4.98 Å². The molecule has 0 saturated carbocycles. The Morgan fingerprint density at radius 3 is 2.75 bits per heavy atom. The molecule has 0 aliphatic heterocycles. The van der Waals surface area contributed by atoms with E-state index in [1.807, 2.05) is 6.07 Å². The molecule has 0 aliphatic rings. The van der Waals surface area contributed by atoms with Gasteiger partial charge in [0, 0.05) is 5.39 Å². The number of nitrogens with zero attached hydrogens (tertiary/aromatic N) is 1. The Hall–Kier alpha value is -1.77. The Balaban J connectivity index is 2.64. The van der Waals surface area contributed by atoms with Crippen molar-refractivity contribution in [2.75, 3.05) is 11.5 Å². The van der Waals surface area contributed by atoms with Crippen LogP contribution < -0.4 is 11.5 Å². The third-order valence-electron chi connectivity index (χ3n) is 3.15. The average molecular weight is 215 g/mol. The summed E-state index contributed by atoms with van der Waals surface area (Å²) in [6.07, 6.45) is 2.72. The van der Waals surface area contributed by atoms with Gasteiger partial charge in [0.1, 0.15) is 0 Å². The maximum atomic E-state index is 5.96. The second-order valence-corrected chi connectivity index (χ2v) is 4.21. The number of nitrogens with two attached hydrogens (primary N) is 2. The number of rotatable bonds is 2. The fourth-order valence-electron chi connectivity index (χ4n) is 1.79. The van der Waals surface area contributed by atoms with E-state index in [4.69, 9.17) is 11.5 Å². The van der Waals surface area contributed by atoms with Crippen LogP contribution in [0.4, 0.5) is 11.4 Å². The topological polar surface area (TPSA) is 64.9 Å². The predicted molar refractivity (Wildman–Crippen MR) is 69.3 cm³/mol. The number of benzene rings is 1. The molecule has 1 aromatic heterocycles. The molecule has 0 fully saturated rings. The summed E-state index contributed by atoms with van der Waals surface area (Å²) in [5.41, 5.74) is 15.1. The molecule has 1 heterocycles. The van der Waals surface area contributed by atoms with Crippen LogP contribution in [0.2, 0.25) is 0 Å². The second kappa shape index (κ2) is 4.00. The first-order valence-corrected chi connectivity index (χ1v) is 5.57. The van der Waals surface area contributed by atoms with Crippen LogP contribution in [0.25, 0.3) is 10.9 Å². The van der Waals surface area contributed by atoms with Crippen molar-refractivity contribution < 1.29 is 0 Å². The monoisotopic (exact) mass is 215 g/mol. The number of fused-ring (bicyclic) bond motifs is 1. The quantitative estimate of drug-likeness (QED) is 0.809. The van der Waals surface area contributed by atoms with Crippen LogP contribution >= 0.6 is 0 Å². The van der Waals surface area contributed by atoms with Crippen LogP contribution in [0.1, 0.15) is 31.7 Å². The third kappa shape index (κ3) is 1.69. The minimum Gasteiger partial charge on any atom is -0.396 e. The summed E-state index contributed by atoms with van der Waals surface area (Å²) in [4.78, 5) is 4.26. The maximum Gasteiger partial charge on any atom is 0.0740 e. The summed E-state index contributed by atoms with van der Waals surface area (Å²) in [5.74, 6) is 0.533. The first-order valence-electron chi connectivity index (χ1n) is 5.57. The summed E-state index contributed by atoms with van der Waals surface area (Å²) in [7, 11) is 0. The summed E-state index contributed by atoms with van der Waals surface area (Å²) < 4.78 is 0. The van der Waals surface area contributed by atoms with Gasteiger partial charge in [-0.25, -0.2) is 0 Å². The fraction of sp³-hybridized carbons (Fsp3) is 0.308. The normalized spacial score (nSPS) is 12.9. The standard InChI is InChI=1S/C13H17N3/c1-3-8(2)9-4-5-12-10(6-9)13(15)11(14)7-16-12/h4-8H,3,14H2,1-2H3,(H2,15,16)/t8-/m1/s1. The van der Waals surface area contributed by atoms with E-state index in [9.17, 15) is 0 Å². The van der Waals surface area contributed by atoms with Crippen molar-refractivity contribution in [3.05, 3.63) is 30.0 Å². The predicted octanol–water partition coefficient (Wildman–Crippen LogP) is 2.91. The Bertz CT molecular complexity index is 520. The van der Waals surface area contributed by atoms with Gasteiger partial charge in [0.2, 0.25) is 0 Å². The van der Waals surface area contributed by atoms with Crippen LogP contribution in [-0.4, -0.2) is 4.98 Å². The number of hydrogen-bond acceptors (Lipinski definition) is 3. The molecule has 0 unspecified atom stereocenters. The molecular weight excluding hydrogens is 198 g/mol. The molecule has 0 bridgehead atoms. The average Bonchev–Trinajstić information content (AvgIpc) is 2.32. The smallest absolute Gasteiger partial charge is 0.0740 e. The van der Waals surface area contributed by atoms with Crippen LogP contribution in [0.5, 0.6) is 0 Å². The Morgan fingerprint density at radius 2 is 2.06 bits per heavy atom. The fourth-order valence-corrected chi connectivity index (χ4v) is 1.79. The number of aromatic nitrogens is 1. The van der Waals surface area contributed by atoms with E-state index in [-0.39, 0.29) is 0 Å². The lowest BCUT2D eigenvalue weighted by atomic mass is 9.96. The van der Waals surface area contributed by atoms with E-state index >= 15 is 0 Å². The lowest BCUT2D eigenvalue weighted by Crippen LogP contribution is -1.98. The van der Waals surface area contributed by atoms with Gasteiger partial charge in [0.05, 0.1) is 23.1 Å². The van der Waals surface area contributed by atoms with Crippen LogP contribution in [-0.2, 0) is 0 Å². The zero-order valence-corrected chi connectivity index (χ0v) is 9.70. The number of anilines is 2. The van der Waals surface area contributed by atoms with Crippen molar-refractivity contribution in [1.29, 1.82) is 0 Å². The Labute approximate surface area is 95.5 Å². The summed E-state index contributed by atoms with van der Waals surface area (Å²) in [6.45, 7) is 4.38. The highest BCUT2D eigenvalue weighted by Crippen LogP contribution is 2.28. The highest BCUT2D eigenvalue weighted by Gasteiger charge is 2.07. The van der Waals surface area contributed by atoms with Crippen molar-refractivity contribution >= 4 is 22.3 Å². The van der Waals surface area contributed by atoms with Crippen LogP contribution in [0.3, 0.4) is 0 Å². The zero-order valence-electron chi connectivity index (χ0n) is 9.70. The molecular formula is C13H17N3. The van der Waals surface area contributed by atoms with Crippen molar-refractivity contribution in [3.63, 3.8) is 0 Å². The van der Waals surface area contributed by atoms with E-state index in [2.05, 4.69) is 31.0 Å². The van der Waals surface area contributed by atoms with Gasteiger partial charge in [-0.1, -0.05) is 19.9 Å². The van der Waals surface area contributed by atoms with E-state index in [1.54, 1.807) is 6.20 Å². The lowest BCUT2D eigenvalue weighted by Gasteiger charge is -2.11. The van der Waals surface area contributed by atoms with E-state index in [0.29, 0.717) is 17.3 Å². The number of nitrogen functional groups attached to an aromatic ring is 2. The van der Waals surface area contributed by atoms with Gasteiger partial charge in [-0.3, -0.25) is 4.98 Å². The Kier molecular flexibility index (Phi) is 2.69.